The quantitative estimate of drug-likeness (QED) is 0.654. The van der Waals surface area contributed by atoms with Gasteiger partial charge in [-0.05, 0) is 38.1 Å². The molecule has 0 aliphatic rings. The molecule has 0 saturated heterocycles. The van der Waals surface area contributed by atoms with Gasteiger partial charge in [0.05, 0.1) is 7.26 Å². The molecule has 0 saturated carbocycles. The van der Waals surface area contributed by atoms with Crippen molar-refractivity contribution in [3.05, 3.63) is 60.7 Å². The summed E-state index contributed by atoms with van der Waals surface area (Å²) in [5, 5.41) is 2.25. The number of benzene rings is 2. The van der Waals surface area contributed by atoms with Crippen molar-refractivity contribution in [3.8, 4) is 0 Å². The van der Waals surface area contributed by atoms with Crippen LogP contribution in [0.3, 0.4) is 0 Å². The summed E-state index contributed by atoms with van der Waals surface area (Å²) in [6.07, 6.45) is 0.890. The van der Waals surface area contributed by atoms with Crippen LogP contribution >= 0.6 is 7.26 Å². The molecule has 0 aromatic heterocycles. The smallest absolute Gasteiger partial charge is 0.167 e. The maximum absolute atomic E-state index is 11.9. The summed E-state index contributed by atoms with van der Waals surface area (Å²) in [7, 11) is -2.01. The van der Waals surface area contributed by atoms with Crippen molar-refractivity contribution in [1.82, 2.24) is 0 Å². The van der Waals surface area contributed by atoms with Crippen LogP contribution in [0.5, 0.6) is 0 Å². The lowest BCUT2D eigenvalue weighted by Crippen LogP contribution is -3.00. The zero-order valence-corrected chi connectivity index (χ0v) is 15.3. The number of carbonyl (C=O) groups is 2. The Kier molecular flexibility index (Phi) is 7.12. The summed E-state index contributed by atoms with van der Waals surface area (Å²) in [4.78, 5) is 23.8. The third-order valence-electron chi connectivity index (χ3n) is 3.49. The molecule has 4 heteroatoms. The molecule has 0 fully saturated rings. The van der Waals surface area contributed by atoms with Gasteiger partial charge in [-0.25, -0.2) is 0 Å². The first kappa shape index (κ1) is 18.7. The number of ketones is 2. The lowest BCUT2D eigenvalue weighted by molar-refractivity contribution is -0.115. The molecule has 0 N–H and O–H groups in total. The fourth-order valence-corrected chi connectivity index (χ4v) is 6.90. The van der Waals surface area contributed by atoms with Gasteiger partial charge in [-0.1, -0.05) is 36.4 Å². The average Bonchev–Trinajstić information content (AvgIpc) is 2.47. The van der Waals surface area contributed by atoms with E-state index in [0.717, 1.165) is 10.6 Å². The van der Waals surface area contributed by atoms with Crippen molar-refractivity contribution in [2.75, 3.05) is 12.3 Å². The van der Waals surface area contributed by atoms with Gasteiger partial charge in [0.25, 0.3) is 0 Å². The SMILES string of the molecule is CC(=O)C[P+](CC(C)=O)(c1ccccc1)c1ccccc1.[Br-]. The van der Waals surface area contributed by atoms with Crippen LogP contribution in [0, 0.1) is 0 Å². The third kappa shape index (κ3) is 4.34. The van der Waals surface area contributed by atoms with Gasteiger partial charge in [0.2, 0.25) is 0 Å². The van der Waals surface area contributed by atoms with Crippen LogP contribution in [0.2, 0.25) is 0 Å². The summed E-state index contributed by atoms with van der Waals surface area (Å²) in [6.45, 7) is 3.22. The standard InChI is InChI=1S/C18H20O2P.BrH/c1-15(19)13-21(14-16(2)20,17-9-5-3-6-10-17)18-11-7-4-8-12-18;/h3-12H,13-14H2,1-2H3;1H/q+1;/p-1. The molecule has 2 rings (SSSR count). The molecule has 2 aromatic rings. The molecule has 0 heterocycles. The summed E-state index contributed by atoms with van der Waals surface area (Å²) in [6, 6.07) is 20.0. The van der Waals surface area contributed by atoms with E-state index in [0.29, 0.717) is 12.3 Å². The second-order valence-corrected chi connectivity index (χ2v) is 8.96. The van der Waals surface area contributed by atoms with E-state index in [1.54, 1.807) is 13.8 Å². The van der Waals surface area contributed by atoms with E-state index in [4.69, 9.17) is 0 Å². The van der Waals surface area contributed by atoms with E-state index >= 15 is 0 Å². The van der Waals surface area contributed by atoms with Gasteiger partial charge in [-0.3, -0.25) is 9.59 Å². The predicted molar refractivity (Wildman–Crippen MR) is 90.2 cm³/mol. The van der Waals surface area contributed by atoms with E-state index in [1.165, 1.54) is 0 Å². The van der Waals surface area contributed by atoms with E-state index in [-0.39, 0.29) is 28.5 Å². The molecule has 0 amide bonds. The second kappa shape index (κ2) is 8.36. The molecule has 116 valence electrons. The largest absolute Gasteiger partial charge is 1.00 e. The van der Waals surface area contributed by atoms with Gasteiger partial charge in [-0.15, -0.1) is 0 Å². The molecule has 0 spiro atoms. The first-order valence-electron chi connectivity index (χ1n) is 7.02. The van der Waals surface area contributed by atoms with Crippen LogP contribution < -0.4 is 27.6 Å². The highest BCUT2D eigenvalue weighted by Gasteiger charge is 2.44. The van der Waals surface area contributed by atoms with Crippen LogP contribution in [0.1, 0.15) is 13.8 Å². The minimum absolute atomic E-state index is 0. The van der Waals surface area contributed by atoms with Crippen molar-refractivity contribution in [1.29, 1.82) is 0 Å². The number of hydrogen-bond acceptors (Lipinski definition) is 2. The molecule has 0 aliphatic heterocycles. The fraction of sp³-hybridized carbons (Fsp3) is 0.222. The van der Waals surface area contributed by atoms with Crippen LogP contribution in [-0.4, -0.2) is 23.9 Å². The van der Waals surface area contributed by atoms with Crippen molar-refractivity contribution in [2.45, 2.75) is 13.8 Å². The third-order valence-corrected chi connectivity index (χ3v) is 8.03. The maximum atomic E-state index is 11.9. The Balaban J connectivity index is 0.00000242. The molecule has 0 atom stereocenters. The monoisotopic (exact) mass is 378 g/mol. The summed E-state index contributed by atoms with van der Waals surface area (Å²) < 4.78 is 0. The lowest BCUT2D eigenvalue weighted by atomic mass is 10.4. The zero-order valence-electron chi connectivity index (χ0n) is 12.8. The molecule has 22 heavy (non-hydrogen) atoms. The van der Waals surface area contributed by atoms with Gasteiger partial charge in [0.15, 0.2) is 11.6 Å². The van der Waals surface area contributed by atoms with E-state index < -0.39 is 7.26 Å². The minimum Gasteiger partial charge on any atom is -1.00 e. The molecule has 0 aliphatic carbocycles. The highest BCUT2D eigenvalue weighted by molar-refractivity contribution is 7.90. The van der Waals surface area contributed by atoms with E-state index in [9.17, 15) is 9.59 Å². The van der Waals surface area contributed by atoms with E-state index in [1.807, 2.05) is 60.7 Å². The van der Waals surface area contributed by atoms with Crippen LogP contribution in [0.25, 0.3) is 0 Å². The van der Waals surface area contributed by atoms with Gasteiger partial charge < -0.3 is 17.0 Å². The van der Waals surface area contributed by atoms with Crippen LogP contribution in [-0.2, 0) is 9.59 Å². The number of hydrogen-bond donors (Lipinski definition) is 0. The number of rotatable bonds is 6. The Hall–Kier alpha value is -1.31. The predicted octanol–water partition coefficient (Wildman–Crippen LogP) is -0.163. The Bertz CT molecular complexity index is 569. The molecule has 0 radical (unpaired) electrons. The lowest BCUT2D eigenvalue weighted by Gasteiger charge is -2.25. The van der Waals surface area contributed by atoms with Gasteiger partial charge in [0, 0.05) is 0 Å². The molecular formula is C18H20BrO2P. The maximum Gasteiger partial charge on any atom is 0.167 e. The molecule has 2 nitrogen and oxygen atoms in total. The van der Waals surface area contributed by atoms with Crippen molar-refractivity contribution >= 4 is 29.4 Å². The summed E-state index contributed by atoms with van der Waals surface area (Å²) in [5.74, 6) is 0.273. The highest BCUT2D eigenvalue weighted by atomic mass is 79.9. The summed E-state index contributed by atoms with van der Waals surface area (Å²) >= 11 is 0. The Labute approximate surface area is 143 Å². The molecule has 2 aromatic carbocycles. The van der Waals surface area contributed by atoms with Crippen molar-refractivity contribution in [2.24, 2.45) is 0 Å². The fourth-order valence-electron chi connectivity index (χ4n) is 2.76. The Morgan fingerprint density at radius 1 is 0.727 bits per heavy atom. The Morgan fingerprint density at radius 3 is 1.32 bits per heavy atom. The van der Waals surface area contributed by atoms with Crippen LogP contribution in [0.15, 0.2) is 60.7 Å². The number of Topliss-reactive ketones (excluding diaryl/α,β-unsaturated/α-hetero) is 2. The second-order valence-electron chi connectivity index (χ2n) is 5.36. The molecular weight excluding hydrogens is 359 g/mol. The van der Waals surface area contributed by atoms with Gasteiger partial charge in [0.1, 0.15) is 22.9 Å². The minimum atomic E-state index is -2.01. The van der Waals surface area contributed by atoms with Crippen LogP contribution in [0.4, 0.5) is 0 Å². The van der Waals surface area contributed by atoms with Crippen molar-refractivity contribution in [3.63, 3.8) is 0 Å². The molecule has 0 unspecified atom stereocenters. The van der Waals surface area contributed by atoms with Gasteiger partial charge in [-0.2, -0.15) is 0 Å². The van der Waals surface area contributed by atoms with Crippen molar-refractivity contribution < 1.29 is 26.6 Å². The highest BCUT2D eigenvalue weighted by Crippen LogP contribution is 2.56. The topological polar surface area (TPSA) is 34.1 Å². The Morgan fingerprint density at radius 2 is 1.05 bits per heavy atom. The number of halogens is 1. The number of carbonyl (C=O) groups excluding carboxylic acids is 2. The molecule has 0 bridgehead atoms. The van der Waals surface area contributed by atoms with E-state index in [2.05, 4.69) is 0 Å². The zero-order chi connectivity index (χ0) is 15.3. The first-order valence-corrected chi connectivity index (χ1v) is 9.18. The first-order chi connectivity index (χ1) is 10.0. The normalized spacial score (nSPS) is 10.6. The summed E-state index contributed by atoms with van der Waals surface area (Å²) in [5.41, 5.74) is 0. The van der Waals surface area contributed by atoms with Gasteiger partial charge >= 0.3 is 0 Å². The average molecular weight is 379 g/mol.